The largest absolute Gasteiger partial charge is 0.393 e. The molecule has 3 nitrogen and oxygen atoms in total. The van der Waals surface area contributed by atoms with Crippen LogP contribution in [0.5, 0.6) is 0 Å². The van der Waals surface area contributed by atoms with Gasteiger partial charge in [-0.1, -0.05) is 36.8 Å². The first-order chi connectivity index (χ1) is 11.8. The average molecular weight is 322 g/mol. The number of pyridine rings is 1. The summed E-state index contributed by atoms with van der Waals surface area (Å²) >= 11 is 0. The van der Waals surface area contributed by atoms with Crippen LogP contribution in [0.15, 0.2) is 48.8 Å². The molecule has 0 radical (unpaired) electrons. The molecule has 3 heteroatoms. The predicted octanol–water partition coefficient (Wildman–Crippen LogP) is 3.88. The first-order valence-corrected chi connectivity index (χ1v) is 9.15. The molecule has 1 N–H and O–H groups in total. The quantitative estimate of drug-likeness (QED) is 0.932. The van der Waals surface area contributed by atoms with E-state index >= 15 is 0 Å². The monoisotopic (exact) mass is 322 g/mol. The molecule has 4 rings (SSSR count). The minimum absolute atomic E-state index is 0.0896. The second-order valence-corrected chi connectivity index (χ2v) is 7.52. The topological polar surface area (TPSA) is 36.4 Å². The average Bonchev–Trinajstić information content (AvgIpc) is 2.96. The van der Waals surface area contributed by atoms with Gasteiger partial charge >= 0.3 is 0 Å². The van der Waals surface area contributed by atoms with Crippen LogP contribution in [0.2, 0.25) is 0 Å². The van der Waals surface area contributed by atoms with Crippen molar-refractivity contribution in [1.29, 1.82) is 0 Å². The maximum atomic E-state index is 10.4. The molecule has 2 aromatic rings. The van der Waals surface area contributed by atoms with Gasteiger partial charge in [-0.15, -0.1) is 0 Å². The summed E-state index contributed by atoms with van der Waals surface area (Å²) in [7, 11) is 0. The molecule has 1 aliphatic carbocycles. The number of likely N-dealkylation sites (tertiary alicyclic amines) is 1. The third-order valence-corrected chi connectivity index (χ3v) is 5.90. The molecule has 1 aliphatic heterocycles. The summed E-state index contributed by atoms with van der Waals surface area (Å²) < 4.78 is 0. The molecule has 1 aromatic heterocycles. The Hall–Kier alpha value is -1.71. The zero-order valence-electron chi connectivity index (χ0n) is 14.2. The molecule has 2 heterocycles. The van der Waals surface area contributed by atoms with Crippen molar-refractivity contribution in [2.75, 3.05) is 13.1 Å². The molecular formula is C21H26N2O. The van der Waals surface area contributed by atoms with Gasteiger partial charge < -0.3 is 5.11 Å². The van der Waals surface area contributed by atoms with Crippen LogP contribution in [0.4, 0.5) is 0 Å². The van der Waals surface area contributed by atoms with E-state index < -0.39 is 0 Å². The smallest absolute Gasteiger partial charge is 0.0608 e. The summed E-state index contributed by atoms with van der Waals surface area (Å²) in [6.45, 7) is 3.19. The number of aliphatic hydroxyl groups is 1. The fourth-order valence-electron chi connectivity index (χ4n) is 4.58. The van der Waals surface area contributed by atoms with Gasteiger partial charge in [0, 0.05) is 30.9 Å². The van der Waals surface area contributed by atoms with Crippen molar-refractivity contribution < 1.29 is 5.11 Å². The van der Waals surface area contributed by atoms with Gasteiger partial charge in [0.05, 0.1) is 6.10 Å². The van der Waals surface area contributed by atoms with Gasteiger partial charge in [-0.05, 0) is 55.0 Å². The molecule has 0 unspecified atom stereocenters. The lowest BCUT2D eigenvalue weighted by molar-refractivity contribution is -0.0120. The number of benzene rings is 1. The fraction of sp³-hybridized carbons (Fsp3) is 0.476. The maximum absolute atomic E-state index is 10.4. The number of nitrogens with zero attached hydrogens (tertiary/aromatic N) is 2. The van der Waals surface area contributed by atoms with Crippen molar-refractivity contribution in [3.05, 3.63) is 54.4 Å². The van der Waals surface area contributed by atoms with Crippen LogP contribution >= 0.6 is 0 Å². The lowest BCUT2D eigenvalue weighted by Crippen LogP contribution is -2.46. The van der Waals surface area contributed by atoms with Gasteiger partial charge in [0.2, 0.25) is 0 Å². The molecule has 126 valence electrons. The van der Waals surface area contributed by atoms with Crippen LogP contribution in [0.25, 0.3) is 11.1 Å². The molecular weight excluding hydrogens is 296 g/mol. The van der Waals surface area contributed by atoms with E-state index in [1.54, 1.807) is 0 Å². The predicted molar refractivity (Wildman–Crippen MR) is 96.5 cm³/mol. The van der Waals surface area contributed by atoms with Crippen LogP contribution in [-0.2, 0) is 6.54 Å². The Balaban J connectivity index is 1.44. The van der Waals surface area contributed by atoms with Crippen molar-refractivity contribution in [3.8, 4) is 11.1 Å². The molecule has 1 spiro atoms. The SMILES string of the molecule is O[C@@H]1CCC[C@]12CCCN(Cc1ccc(-c3cccnc3)cc1)C2. The molecule has 0 amide bonds. The lowest BCUT2D eigenvalue weighted by Gasteiger charge is -2.42. The van der Waals surface area contributed by atoms with Crippen LogP contribution in [-0.4, -0.2) is 34.2 Å². The number of piperidine rings is 1. The Morgan fingerprint density at radius 2 is 1.92 bits per heavy atom. The first-order valence-electron chi connectivity index (χ1n) is 9.15. The second-order valence-electron chi connectivity index (χ2n) is 7.52. The van der Waals surface area contributed by atoms with Gasteiger partial charge in [-0.3, -0.25) is 9.88 Å². The highest BCUT2D eigenvalue weighted by molar-refractivity contribution is 5.62. The summed E-state index contributed by atoms with van der Waals surface area (Å²) in [6, 6.07) is 12.9. The van der Waals surface area contributed by atoms with Gasteiger partial charge in [0.15, 0.2) is 0 Å². The first kappa shape index (κ1) is 15.8. The Bertz CT molecular complexity index is 670. The summed E-state index contributed by atoms with van der Waals surface area (Å²) in [5, 5.41) is 10.4. The van der Waals surface area contributed by atoms with E-state index in [9.17, 15) is 5.11 Å². The fourth-order valence-corrected chi connectivity index (χ4v) is 4.58. The zero-order valence-corrected chi connectivity index (χ0v) is 14.2. The third-order valence-electron chi connectivity index (χ3n) is 5.90. The molecule has 2 atom stereocenters. The van der Waals surface area contributed by atoms with E-state index in [4.69, 9.17) is 0 Å². The molecule has 1 saturated heterocycles. The molecule has 1 aromatic carbocycles. The third kappa shape index (κ3) is 3.11. The number of aliphatic hydroxyl groups excluding tert-OH is 1. The molecule has 0 bridgehead atoms. The van der Waals surface area contributed by atoms with Crippen molar-refractivity contribution in [2.45, 2.75) is 44.8 Å². The number of hydrogen-bond acceptors (Lipinski definition) is 3. The number of hydrogen-bond donors (Lipinski definition) is 1. The van der Waals surface area contributed by atoms with Crippen molar-refractivity contribution in [1.82, 2.24) is 9.88 Å². The van der Waals surface area contributed by atoms with Gasteiger partial charge in [0.25, 0.3) is 0 Å². The maximum Gasteiger partial charge on any atom is 0.0608 e. The van der Waals surface area contributed by atoms with Crippen LogP contribution in [0.1, 0.15) is 37.7 Å². The standard InChI is InChI=1S/C21H26N2O/c24-20-5-1-10-21(20)11-3-13-23(16-21)15-17-6-8-18(9-7-17)19-4-2-12-22-14-19/h2,4,6-9,12,14,20,24H,1,3,5,10-11,13,15-16H2/t20-,21-/m1/s1. The summed E-state index contributed by atoms with van der Waals surface area (Å²) in [5.41, 5.74) is 3.91. The van der Waals surface area contributed by atoms with E-state index in [1.807, 2.05) is 18.5 Å². The van der Waals surface area contributed by atoms with Crippen LogP contribution < -0.4 is 0 Å². The molecule has 1 saturated carbocycles. The lowest BCUT2D eigenvalue weighted by atomic mass is 9.76. The minimum Gasteiger partial charge on any atom is -0.393 e. The minimum atomic E-state index is -0.0896. The Morgan fingerprint density at radius 1 is 1.08 bits per heavy atom. The Labute approximate surface area is 144 Å². The second kappa shape index (κ2) is 6.66. The summed E-state index contributed by atoms with van der Waals surface area (Å²) in [6.07, 6.45) is 9.42. The van der Waals surface area contributed by atoms with Crippen molar-refractivity contribution in [2.24, 2.45) is 5.41 Å². The Morgan fingerprint density at radius 3 is 2.62 bits per heavy atom. The molecule has 24 heavy (non-hydrogen) atoms. The van der Waals surface area contributed by atoms with E-state index in [1.165, 1.54) is 36.8 Å². The van der Waals surface area contributed by atoms with Crippen molar-refractivity contribution >= 4 is 0 Å². The van der Waals surface area contributed by atoms with Crippen LogP contribution in [0.3, 0.4) is 0 Å². The summed E-state index contributed by atoms with van der Waals surface area (Å²) in [4.78, 5) is 6.73. The summed E-state index contributed by atoms with van der Waals surface area (Å²) in [5.74, 6) is 0. The van der Waals surface area contributed by atoms with Crippen molar-refractivity contribution in [3.63, 3.8) is 0 Å². The van der Waals surface area contributed by atoms with Gasteiger partial charge in [0.1, 0.15) is 0 Å². The zero-order chi connectivity index (χ0) is 16.4. The van der Waals surface area contributed by atoms with E-state index in [-0.39, 0.29) is 11.5 Å². The van der Waals surface area contributed by atoms with E-state index in [0.29, 0.717) is 0 Å². The molecule has 2 aliphatic rings. The molecule has 2 fully saturated rings. The van der Waals surface area contributed by atoms with Gasteiger partial charge in [-0.2, -0.15) is 0 Å². The number of aromatic nitrogens is 1. The van der Waals surface area contributed by atoms with Crippen LogP contribution in [0, 0.1) is 5.41 Å². The Kier molecular flexibility index (Phi) is 4.38. The highest BCUT2D eigenvalue weighted by Crippen LogP contribution is 2.45. The number of rotatable bonds is 3. The van der Waals surface area contributed by atoms with E-state index in [2.05, 4.69) is 40.2 Å². The normalized spacial score (nSPS) is 27.6. The van der Waals surface area contributed by atoms with Gasteiger partial charge in [-0.25, -0.2) is 0 Å². The highest BCUT2D eigenvalue weighted by Gasteiger charge is 2.44. The van der Waals surface area contributed by atoms with E-state index in [0.717, 1.165) is 31.6 Å². The highest BCUT2D eigenvalue weighted by atomic mass is 16.3.